The van der Waals surface area contributed by atoms with E-state index < -0.39 is 16.2 Å². The topological polar surface area (TPSA) is 95.5 Å². The normalized spacial score (nSPS) is 11.5. The second-order valence-electron chi connectivity index (χ2n) is 3.76. The van der Waals surface area contributed by atoms with Crippen LogP contribution in [0.1, 0.15) is 24.2 Å². The summed E-state index contributed by atoms with van der Waals surface area (Å²) in [5.41, 5.74) is 0.229. The summed E-state index contributed by atoms with van der Waals surface area (Å²) in [7, 11) is -3.67. The highest BCUT2D eigenvalue weighted by Crippen LogP contribution is 2.11. The molecule has 7 heteroatoms. The van der Waals surface area contributed by atoms with Gasteiger partial charge in [0.25, 0.3) is 10.2 Å². The Bertz CT molecular complexity index is 511. The van der Waals surface area contributed by atoms with E-state index in [2.05, 4.69) is 9.44 Å². The van der Waals surface area contributed by atoms with Crippen molar-refractivity contribution >= 4 is 21.9 Å². The van der Waals surface area contributed by atoms with Crippen LogP contribution in [0.15, 0.2) is 24.3 Å². The number of carbonyl (C=O) groups is 1. The van der Waals surface area contributed by atoms with Gasteiger partial charge in [-0.2, -0.15) is 13.1 Å². The Hall–Kier alpha value is -1.60. The van der Waals surface area contributed by atoms with Crippen LogP contribution >= 0.6 is 0 Å². The number of hydrogen-bond donors (Lipinski definition) is 3. The number of nitrogens with one attached hydrogen (secondary N) is 2. The Balaban J connectivity index is 2.89. The molecule has 0 radical (unpaired) electrons. The van der Waals surface area contributed by atoms with Crippen molar-refractivity contribution in [3.8, 4) is 0 Å². The molecule has 0 saturated carbocycles. The highest BCUT2D eigenvalue weighted by molar-refractivity contribution is 7.90. The molecule has 0 spiro atoms. The summed E-state index contributed by atoms with van der Waals surface area (Å²) in [5.74, 6) is -1.11. The molecule has 0 aliphatic carbocycles. The van der Waals surface area contributed by atoms with Crippen LogP contribution in [0.4, 0.5) is 5.69 Å². The van der Waals surface area contributed by atoms with E-state index in [0.29, 0.717) is 0 Å². The monoisotopic (exact) mass is 258 g/mol. The first-order valence-corrected chi connectivity index (χ1v) is 6.42. The molecule has 0 aliphatic rings. The van der Waals surface area contributed by atoms with E-state index in [-0.39, 0.29) is 17.3 Å². The number of hydrogen-bond acceptors (Lipinski definition) is 3. The molecule has 6 nitrogen and oxygen atoms in total. The zero-order valence-electron chi connectivity index (χ0n) is 9.47. The standard InChI is InChI=1S/C10H14N2O4S/c1-7(2)11-17(15,16)12-9-5-3-4-8(6-9)10(13)14/h3-7,11-12H,1-2H3,(H,13,14). The van der Waals surface area contributed by atoms with Gasteiger partial charge in [0.05, 0.1) is 11.3 Å². The van der Waals surface area contributed by atoms with Gasteiger partial charge in [-0.3, -0.25) is 4.72 Å². The second-order valence-corrected chi connectivity index (χ2v) is 5.21. The van der Waals surface area contributed by atoms with Gasteiger partial charge in [-0.1, -0.05) is 6.07 Å². The Morgan fingerprint density at radius 3 is 2.53 bits per heavy atom. The van der Waals surface area contributed by atoms with Crippen molar-refractivity contribution in [3.63, 3.8) is 0 Å². The molecule has 17 heavy (non-hydrogen) atoms. The fourth-order valence-electron chi connectivity index (χ4n) is 1.21. The zero-order chi connectivity index (χ0) is 13.1. The van der Waals surface area contributed by atoms with Crippen LogP contribution in [0.3, 0.4) is 0 Å². The van der Waals surface area contributed by atoms with E-state index in [1.54, 1.807) is 13.8 Å². The van der Waals surface area contributed by atoms with Gasteiger partial charge in [-0.05, 0) is 32.0 Å². The lowest BCUT2D eigenvalue weighted by molar-refractivity contribution is 0.0697. The quantitative estimate of drug-likeness (QED) is 0.735. The largest absolute Gasteiger partial charge is 0.478 e. The summed E-state index contributed by atoms with van der Waals surface area (Å²) < 4.78 is 27.6. The van der Waals surface area contributed by atoms with Crippen LogP contribution in [-0.2, 0) is 10.2 Å². The van der Waals surface area contributed by atoms with Gasteiger partial charge >= 0.3 is 5.97 Å². The Morgan fingerprint density at radius 2 is 2.00 bits per heavy atom. The molecule has 94 valence electrons. The van der Waals surface area contributed by atoms with Crippen molar-refractivity contribution in [2.24, 2.45) is 0 Å². The number of carboxylic acids is 1. The van der Waals surface area contributed by atoms with Gasteiger partial charge < -0.3 is 5.11 Å². The first-order valence-electron chi connectivity index (χ1n) is 4.93. The van der Waals surface area contributed by atoms with E-state index in [1.807, 2.05) is 0 Å². The minimum absolute atomic E-state index is 0.0229. The van der Waals surface area contributed by atoms with E-state index in [1.165, 1.54) is 24.3 Å². The summed E-state index contributed by atoms with van der Waals surface area (Å²) in [6.07, 6.45) is 0. The predicted molar refractivity (Wildman–Crippen MR) is 64.2 cm³/mol. The summed E-state index contributed by atoms with van der Waals surface area (Å²) in [6, 6.07) is 5.34. The van der Waals surface area contributed by atoms with Crippen molar-refractivity contribution in [3.05, 3.63) is 29.8 Å². The van der Waals surface area contributed by atoms with Gasteiger partial charge in [-0.15, -0.1) is 0 Å². The maximum Gasteiger partial charge on any atom is 0.335 e. The Kier molecular flexibility index (Phi) is 4.08. The predicted octanol–water partition coefficient (Wildman–Crippen LogP) is 1.04. The summed E-state index contributed by atoms with van der Waals surface area (Å²) in [4.78, 5) is 10.7. The molecule has 0 atom stereocenters. The molecule has 0 aromatic heterocycles. The fraction of sp³-hybridized carbons (Fsp3) is 0.300. The number of anilines is 1. The average molecular weight is 258 g/mol. The smallest absolute Gasteiger partial charge is 0.335 e. The van der Waals surface area contributed by atoms with Crippen molar-refractivity contribution in [2.45, 2.75) is 19.9 Å². The summed E-state index contributed by atoms with van der Waals surface area (Å²) >= 11 is 0. The van der Waals surface area contributed by atoms with E-state index in [0.717, 1.165) is 0 Å². The van der Waals surface area contributed by atoms with Crippen molar-refractivity contribution in [1.82, 2.24) is 4.72 Å². The maximum absolute atomic E-state index is 11.5. The lowest BCUT2D eigenvalue weighted by atomic mass is 10.2. The molecule has 0 heterocycles. The van der Waals surface area contributed by atoms with E-state index in [9.17, 15) is 13.2 Å². The van der Waals surface area contributed by atoms with Gasteiger partial charge in [-0.25, -0.2) is 4.79 Å². The Labute approximate surface area is 99.8 Å². The fourth-order valence-corrected chi connectivity index (χ4v) is 2.33. The first kappa shape index (κ1) is 13.5. The van der Waals surface area contributed by atoms with Crippen LogP contribution < -0.4 is 9.44 Å². The number of benzene rings is 1. The van der Waals surface area contributed by atoms with Crippen LogP contribution in [0.25, 0.3) is 0 Å². The summed E-state index contributed by atoms with van der Waals surface area (Å²) in [5, 5.41) is 8.76. The SMILES string of the molecule is CC(C)NS(=O)(=O)Nc1cccc(C(=O)O)c1. The molecular weight excluding hydrogens is 244 g/mol. The molecule has 0 fully saturated rings. The number of rotatable bonds is 5. The zero-order valence-corrected chi connectivity index (χ0v) is 10.3. The molecule has 1 aromatic rings. The maximum atomic E-state index is 11.5. The molecule has 1 rings (SSSR count). The number of carboxylic acid groups (broad SMARTS) is 1. The molecule has 0 unspecified atom stereocenters. The molecule has 0 aliphatic heterocycles. The van der Waals surface area contributed by atoms with Gasteiger partial charge in [0, 0.05) is 6.04 Å². The van der Waals surface area contributed by atoms with Crippen LogP contribution in [0.2, 0.25) is 0 Å². The van der Waals surface area contributed by atoms with E-state index in [4.69, 9.17) is 5.11 Å². The Morgan fingerprint density at radius 1 is 1.35 bits per heavy atom. The van der Waals surface area contributed by atoms with E-state index >= 15 is 0 Å². The molecule has 3 N–H and O–H groups in total. The van der Waals surface area contributed by atoms with Crippen molar-refractivity contribution < 1.29 is 18.3 Å². The third-order valence-corrected chi connectivity index (χ3v) is 3.04. The molecule has 0 amide bonds. The lowest BCUT2D eigenvalue weighted by Crippen LogP contribution is -2.35. The van der Waals surface area contributed by atoms with Crippen molar-refractivity contribution in [2.75, 3.05) is 4.72 Å². The van der Waals surface area contributed by atoms with Crippen LogP contribution in [0, 0.1) is 0 Å². The molecule has 0 bridgehead atoms. The van der Waals surface area contributed by atoms with Crippen LogP contribution in [-0.4, -0.2) is 25.5 Å². The van der Waals surface area contributed by atoms with Gasteiger partial charge in [0.2, 0.25) is 0 Å². The van der Waals surface area contributed by atoms with Gasteiger partial charge in [0.1, 0.15) is 0 Å². The highest BCUT2D eigenvalue weighted by Gasteiger charge is 2.12. The number of aromatic carboxylic acids is 1. The average Bonchev–Trinajstić information content (AvgIpc) is 2.14. The summed E-state index contributed by atoms with van der Waals surface area (Å²) in [6.45, 7) is 3.37. The van der Waals surface area contributed by atoms with Crippen molar-refractivity contribution in [1.29, 1.82) is 0 Å². The first-order chi connectivity index (χ1) is 7.80. The third kappa shape index (κ3) is 4.41. The lowest BCUT2D eigenvalue weighted by Gasteiger charge is -2.11. The third-order valence-electron chi connectivity index (χ3n) is 1.75. The second kappa shape index (κ2) is 5.15. The highest BCUT2D eigenvalue weighted by atomic mass is 32.2. The van der Waals surface area contributed by atoms with Crippen LogP contribution in [0.5, 0.6) is 0 Å². The van der Waals surface area contributed by atoms with Gasteiger partial charge in [0.15, 0.2) is 0 Å². The minimum Gasteiger partial charge on any atom is -0.478 e. The minimum atomic E-state index is -3.67. The molecule has 0 saturated heterocycles. The molecular formula is C10H14N2O4S. The molecule has 1 aromatic carbocycles.